The van der Waals surface area contributed by atoms with Gasteiger partial charge in [0, 0.05) is 5.69 Å². The average molecular weight is 382 g/mol. The second-order valence-electron chi connectivity index (χ2n) is 6.76. The Balaban J connectivity index is 1.62. The van der Waals surface area contributed by atoms with Crippen LogP contribution in [0.2, 0.25) is 0 Å². The molecule has 0 bridgehead atoms. The van der Waals surface area contributed by atoms with Crippen molar-refractivity contribution in [3.63, 3.8) is 0 Å². The SMILES string of the molecule is CC(C)[C@H](NC(=O)OCc1ccccc1)C(=O)Nc1ccc2[nH]c(=O)[nH]c2c1. The Hall–Kier alpha value is -3.55. The number of ether oxygens (including phenoxy) is 1. The number of aromatic amines is 2. The standard InChI is InChI=1S/C20H22N4O4/c1-12(2)17(24-20(27)28-11-13-6-4-3-5-7-13)18(25)21-14-8-9-15-16(10-14)23-19(26)22-15/h3-10,12,17H,11H2,1-2H3,(H,21,25)(H,24,27)(H2,22,23,26)/t17-/m0/s1. The number of rotatable bonds is 6. The monoisotopic (exact) mass is 382 g/mol. The summed E-state index contributed by atoms with van der Waals surface area (Å²) in [6.45, 7) is 3.78. The molecule has 2 amide bonds. The molecule has 0 saturated heterocycles. The number of H-pyrrole nitrogens is 2. The zero-order chi connectivity index (χ0) is 20.1. The van der Waals surface area contributed by atoms with Gasteiger partial charge < -0.3 is 25.3 Å². The molecule has 28 heavy (non-hydrogen) atoms. The highest BCUT2D eigenvalue weighted by Gasteiger charge is 2.25. The number of carbonyl (C=O) groups excluding carboxylic acids is 2. The van der Waals surface area contributed by atoms with Gasteiger partial charge in [-0.1, -0.05) is 44.2 Å². The molecule has 0 aliphatic heterocycles. The largest absolute Gasteiger partial charge is 0.445 e. The Morgan fingerprint density at radius 3 is 2.46 bits per heavy atom. The van der Waals surface area contributed by atoms with Crippen molar-refractivity contribution in [2.45, 2.75) is 26.5 Å². The van der Waals surface area contributed by atoms with Crippen LogP contribution in [-0.2, 0) is 16.1 Å². The van der Waals surface area contributed by atoms with E-state index in [2.05, 4.69) is 20.6 Å². The van der Waals surface area contributed by atoms with Gasteiger partial charge in [0.05, 0.1) is 11.0 Å². The van der Waals surface area contributed by atoms with Crippen LogP contribution in [-0.4, -0.2) is 28.0 Å². The van der Waals surface area contributed by atoms with Crippen LogP contribution in [0.5, 0.6) is 0 Å². The van der Waals surface area contributed by atoms with Gasteiger partial charge in [0.15, 0.2) is 0 Å². The third kappa shape index (κ3) is 4.79. The zero-order valence-electron chi connectivity index (χ0n) is 15.6. The van der Waals surface area contributed by atoms with Crippen molar-refractivity contribution in [3.8, 4) is 0 Å². The molecular weight excluding hydrogens is 360 g/mol. The van der Waals surface area contributed by atoms with E-state index in [1.807, 2.05) is 44.2 Å². The minimum atomic E-state index is -0.774. The van der Waals surface area contributed by atoms with Crippen molar-refractivity contribution in [3.05, 3.63) is 64.6 Å². The maximum atomic E-state index is 12.6. The van der Waals surface area contributed by atoms with E-state index in [-0.39, 0.29) is 24.1 Å². The van der Waals surface area contributed by atoms with Crippen LogP contribution in [0.25, 0.3) is 11.0 Å². The first kappa shape index (κ1) is 19.2. The lowest BCUT2D eigenvalue weighted by molar-refractivity contribution is -0.119. The van der Waals surface area contributed by atoms with Crippen LogP contribution in [0, 0.1) is 5.92 Å². The Bertz CT molecular complexity index is 1020. The van der Waals surface area contributed by atoms with Crippen molar-refractivity contribution < 1.29 is 14.3 Å². The summed E-state index contributed by atoms with van der Waals surface area (Å²) in [5, 5.41) is 5.37. The average Bonchev–Trinajstić information content (AvgIpc) is 3.04. The molecule has 0 spiro atoms. The van der Waals surface area contributed by atoms with Gasteiger partial charge in [-0.2, -0.15) is 0 Å². The van der Waals surface area contributed by atoms with E-state index < -0.39 is 12.1 Å². The van der Waals surface area contributed by atoms with Crippen LogP contribution >= 0.6 is 0 Å². The summed E-state index contributed by atoms with van der Waals surface area (Å²) in [5.74, 6) is -0.524. The molecule has 3 rings (SSSR count). The molecule has 2 aromatic carbocycles. The Morgan fingerprint density at radius 2 is 1.75 bits per heavy atom. The minimum Gasteiger partial charge on any atom is -0.445 e. The summed E-state index contributed by atoms with van der Waals surface area (Å²) >= 11 is 0. The molecule has 146 valence electrons. The molecule has 0 saturated carbocycles. The van der Waals surface area contributed by atoms with Crippen molar-refractivity contribution in [1.82, 2.24) is 15.3 Å². The molecule has 1 heterocycles. The maximum Gasteiger partial charge on any atom is 0.408 e. The second-order valence-corrected chi connectivity index (χ2v) is 6.76. The van der Waals surface area contributed by atoms with Crippen molar-refractivity contribution >= 4 is 28.7 Å². The number of hydrogen-bond acceptors (Lipinski definition) is 4. The van der Waals surface area contributed by atoms with E-state index in [4.69, 9.17) is 4.74 Å². The molecule has 0 unspecified atom stereocenters. The van der Waals surface area contributed by atoms with Gasteiger partial charge in [0.2, 0.25) is 5.91 Å². The van der Waals surface area contributed by atoms with Gasteiger partial charge in [-0.05, 0) is 29.7 Å². The fourth-order valence-electron chi connectivity index (χ4n) is 2.76. The van der Waals surface area contributed by atoms with Crippen molar-refractivity contribution in [2.75, 3.05) is 5.32 Å². The molecule has 1 aromatic heterocycles. The Morgan fingerprint density at radius 1 is 1.04 bits per heavy atom. The topological polar surface area (TPSA) is 116 Å². The predicted molar refractivity (Wildman–Crippen MR) is 106 cm³/mol. The normalized spacial score (nSPS) is 12.0. The van der Waals surface area contributed by atoms with Crippen LogP contribution < -0.4 is 16.3 Å². The number of amides is 2. The molecule has 3 aromatic rings. The van der Waals surface area contributed by atoms with Crippen LogP contribution in [0.4, 0.5) is 10.5 Å². The number of fused-ring (bicyclic) bond motifs is 1. The number of aromatic nitrogens is 2. The highest BCUT2D eigenvalue weighted by Crippen LogP contribution is 2.16. The van der Waals surface area contributed by atoms with E-state index in [9.17, 15) is 14.4 Å². The third-order valence-electron chi connectivity index (χ3n) is 4.22. The van der Waals surface area contributed by atoms with Gasteiger partial charge in [-0.25, -0.2) is 9.59 Å². The number of alkyl carbamates (subject to hydrolysis) is 1. The molecule has 0 aliphatic carbocycles. The van der Waals surface area contributed by atoms with E-state index in [0.717, 1.165) is 5.56 Å². The summed E-state index contributed by atoms with van der Waals surface area (Å²) < 4.78 is 5.20. The zero-order valence-corrected chi connectivity index (χ0v) is 15.6. The first-order valence-electron chi connectivity index (χ1n) is 8.92. The molecule has 0 fully saturated rings. The van der Waals surface area contributed by atoms with Crippen LogP contribution in [0.15, 0.2) is 53.3 Å². The first-order valence-corrected chi connectivity index (χ1v) is 8.92. The van der Waals surface area contributed by atoms with Crippen LogP contribution in [0.1, 0.15) is 19.4 Å². The highest BCUT2D eigenvalue weighted by atomic mass is 16.5. The molecule has 8 heteroatoms. The second kappa shape index (κ2) is 8.43. The third-order valence-corrected chi connectivity index (χ3v) is 4.22. The lowest BCUT2D eigenvalue weighted by Gasteiger charge is -2.21. The summed E-state index contributed by atoms with van der Waals surface area (Å²) in [6.07, 6.45) is -0.664. The van der Waals surface area contributed by atoms with Crippen molar-refractivity contribution in [2.24, 2.45) is 5.92 Å². The smallest absolute Gasteiger partial charge is 0.408 e. The molecular formula is C20H22N4O4. The summed E-state index contributed by atoms with van der Waals surface area (Å²) in [6, 6.07) is 13.5. The molecule has 0 radical (unpaired) electrons. The number of nitrogens with one attached hydrogen (secondary N) is 4. The lowest BCUT2D eigenvalue weighted by atomic mass is 10.0. The fourth-order valence-corrected chi connectivity index (χ4v) is 2.76. The lowest BCUT2D eigenvalue weighted by Crippen LogP contribution is -2.47. The van der Waals surface area contributed by atoms with Gasteiger partial charge >= 0.3 is 11.8 Å². The van der Waals surface area contributed by atoms with E-state index in [0.29, 0.717) is 16.7 Å². The van der Waals surface area contributed by atoms with Crippen LogP contribution in [0.3, 0.4) is 0 Å². The Labute approximate surface area is 161 Å². The van der Waals surface area contributed by atoms with Gasteiger partial charge in [0.25, 0.3) is 0 Å². The predicted octanol–water partition coefficient (Wildman–Crippen LogP) is 2.75. The van der Waals surface area contributed by atoms with Crippen molar-refractivity contribution in [1.29, 1.82) is 0 Å². The quantitative estimate of drug-likeness (QED) is 0.524. The molecule has 4 N–H and O–H groups in total. The van der Waals surface area contributed by atoms with E-state index >= 15 is 0 Å². The Kier molecular flexibility index (Phi) is 5.78. The van der Waals surface area contributed by atoms with Gasteiger partial charge in [-0.3, -0.25) is 4.79 Å². The first-order chi connectivity index (χ1) is 13.4. The summed E-state index contributed by atoms with van der Waals surface area (Å²) in [5.41, 5.74) is 2.28. The molecule has 0 aliphatic rings. The summed E-state index contributed by atoms with van der Waals surface area (Å²) in [7, 11) is 0. The molecule has 8 nitrogen and oxygen atoms in total. The van der Waals surface area contributed by atoms with Gasteiger partial charge in [-0.15, -0.1) is 0 Å². The van der Waals surface area contributed by atoms with E-state index in [1.54, 1.807) is 18.2 Å². The fraction of sp³-hybridized carbons (Fsp3) is 0.250. The number of benzene rings is 2. The number of hydrogen-bond donors (Lipinski definition) is 4. The number of carbonyl (C=O) groups is 2. The highest BCUT2D eigenvalue weighted by molar-refractivity contribution is 5.98. The summed E-state index contributed by atoms with van der Waals surface area (Å²) in [4.78, 5) is 41.4. The number of anilines is 1. The molecule has 1 atom stereocenters. The van der Waals surface area contributed by atoms with E-state index in [1.165, 1.54) is 0 Å². The minimum absolute atomic E-state index is 0.122. The number of imidazole rings is 1. The maximum absolute atomic E-state index is 12.6. The van der Waals surface area contributed by atoms with Gasteiger partial charge in [0.1, 0.15) is 12.6 Å².